The minimum absolute atomic E-state index is 0. The summed E-state index contributed by atoms with van der Waals surface area (Å²) in [6, 6.07) is 60.0. The van der Waals surface area contributed by atoms with Gasteiger partial charge in [0.25, 0.3) is 0 Å². The number of aromatic nitrogens is 3. The molecular weight excluding hydrogens is 998 g/mol. The second kappa shape index (κ2) is 18.7. The van der Waals surface area contributed by atoms with Crippen LogP contribution in [0.5, 0.6) is 5.75 Å². The Morgan fingerprint density at radius 3 is 1.91 bits per heavy atom. The number of rotatable bonds is 9. The predicted octanol–water partition coefficient (Wildman–Crippen LogP) is 16.3. The third-order valence-electron chi connectivity index (χ3n) is 13.2. The van der Waals surface area contributed by atoms with Crippen molar-refractivity contribution in [1.29, 1.82) is 0 Å². The number of imidazole rings is 1. The molecule has 1 fully saturated rings. The molecular formula is C62H58N3OPt-. The van der Waals surface area contributed by atoms with Crippen LogP contribution in [0.1, 0.15) is 86.7 Å². The Morgan fingerprint density at radius 2 is 1.22 bits per heavy atom. The molecule has 0 saturated heterocycles. The molecule has 0 atom stereocenters. The zero-order chi connectivity index (χ0) is 47.4. The van der Waals surface area contributed by atoms with Crippen LogP contribution in [-0.4, -0.2) is 19.6 Å². The largest absolute Gasteiger partial charge is 0.507 e. The van der Waals surface area contributed by atoms with Crippen molar-refractivity contribution in [1.82, 2.24) is 14.5 Å². The first-order valence-electron chi connectivity index (χ1n) is 24.4. The number of para-hydroxylation sites is 2. The summed E-state index contributed by atoms with van der Waals surface area (Å²) in [5.74, 6) is 0.866. The molecule has 1 N–H and O–H groups in total. The zero-order valence-corrected chi connectivity index (χ0v) is 41.4. The molecule has 2 heterocycles. The van der Waals surface area contributed by atoms with Crippen molar-refractivity contribution in [3.8, 4) is 78.6 Å². The molecule has 10 rings (SSSR count). The quantitative estimate of drug-likeness (QED) is 0.147. The second-order valence-corrected chi connectivity index (χ2v) is 19.9. The molecule has 67 heavy (non-hydrogen) atoms. The number of aromatic hydroxyl groups is 1. The fourth-order valence-electron chi connectivity index (χ4n) is 9.47. The van der Waals surface area contributed by atoms with Gasteiger partial charge in [0.1, 0.15) is 11.6 Å². The van der Waals surface area contributed by atoms with Crippen molar-refractivity contribution >= 4 is 11.0 Å². The van der Waals surface area contributed by atoms with Gasteiger partial charge in [-0.05, 0) is 86.8 Å². The van der Waals surface area contributed by atoms with E-state index in [1.165, 1.54) is 5.56 Å². The first-order valence-corrected chi connectivity index (χ1v) is 23.4. The van der Waals surface area contributed by atoms with E-state index in [0.717, 1.165) is 109 Å². The van der Waals surface area contributed by atoms with Crippen LogP contribution in [0.2, 0.25) is 0 Å². The Bertz CT molecular complexity index is 3290. The van der Waals surface area contributed by atoms with E-state index in [1.807, 2.05) is 91.1 Å². The molecule has 1 aliphatic rings. The molecule has 338 valence electrons. The van der Waals surface area contributed by atoms with Gasteiger partial charge in [0, 0.05) is 46.8 Å². The summed E-state index contributed by atoms with van der Waals surface area (Å²) in [5.41, 5.74) is 15.4. The van der Waals surface area contributed by atoms with Crippen LogP contribution >= 0.6 is 0 Å². The Morgan fingerprint density at radius 1 is 0.597 bits per heavy atom. The number of benzene rings is 7. The molecule has 0 radical (unpaired) electrons. The predicted molar refractivity (Wildman–Crippen MR) is 275 cm³/mol. The number of fused-ring (bicyclic) bond motifs is 1. The molecule has 0 spiro atoms. The molecule has 0 aliphatic heterocycles. The van der Waals surface area contributed by atoms with E-state index >= 15 is 0 Å². The van der Waals surface area contributed by atoms with Gasteiger partial charge in [-0.2, -0.15) is 0 Å². The molecule has 0 amide bonds. The van der Waals surface area contributed by atoms with Gasteiger partial charge in [-0.25, -0.2) is 4.98 Å². The Labute approximate surface area is 413 Å². The molecule has 0 bridgehead atoms. The molecule has 1 aliphatic carbocycles. The van der Waals surface area contributed by atoms with Crippen LogP contribution in [0.25, 0.3) is 83.9 Å². The van der Waals surface area contributed by atoms with E-state index in [1.54, 1.807) is 0 Å². The number of nitrogens with zero attached hydrogens (tertiary/aromatic N) is 3. The van der Waals surface area contributed by atoms with Crippen molar-refractivity contribution in [2.45, 2.75) is 84.4 Å². The molecule has 4 nitrogen and oxygen atoms in total. The van der Waals surface area contributed by atoms with Crippen molar-refractivity contribution in [3.63, 3.8) is 0 Å². The maximum absolute atomic E-state index is 12.3. The van der Waals surface area contributed by atoms with E-state index in [0.29, 0.717) is 11.4 Å². The fraction of sp³-hybridized carbons (Fsp3) is 0.226. The first kappa shape index (κ1) is 43.2. The number of phenols is 1. The topological polar surface area (TPSA) is 50.9 Å². The van der Waals surface area contributed by atoms with Crippen LogP contribution in [0, 0.1) is 12.0 Å². The molecule has 1 saturated carbocycles. The van der Waals surface area contributed by atoms with Gasteiger partial charge >= 0.3 is 0 Å². The Balaban J connectivity index is 0.00000593. The van der Waals surface area contributed by atoms with Crippen molar-refractivity contribution in [2.75, 3.05) is 0 Å². The summed E-state index contributed by atoms with van der Waals surface area (Å²) in [6.07, 6.45) is 4.61. The third kappa shape index (κ3) is 9.34. The van der Waals surface area contributed by atoms with E-state index in [4.69, 9.17) is 12.7 Å². The number of hydrogen-bond donors (Lipinski definition) is 1. The van der Waals surface area contributed by atoms with E-state index < -0.39 is 6.37 Å². The van der Waals surface area contributed by atoms with E-state index in [-0.39, 0.29) is 43.6 Å². The standard InChI is InChI=1S/C62H58N3O.Pt/c1-61(2,3)49-31-32-56(54(40-49)45-21-11-8-12-22-45)65-57-26-16-23-51(58(57)64-60(65)53-25-15-24-52(59(53)66)44-19-9-7-10-20-44)47-36-48(38-50(37-47)62(4,5)6)55-39-46(33-34-63-55)43-29-27-42(28-30-43)35-41-17-13-14-18-41;/h7-12,15-16,19-34,37-41,66H,13-14,17-18,35H2,1-6H3;/q-1;/i35D2;. The van der Waals surface area contributed by atoms with Crippen LogP contribution < -0.4 is 0 Å². The maximum Gasteiger partial charge on any atom is 0.148 e. The van der Waals surface area contributed by atoms with Crippen LogP contribution in [0.4, 0.5) is 0 Å². The average Bonchev–Trinajstić information content (AvgIpc) is 4.04. The fourth-order valence-corrected chi connectivity index (χ4v) is 9.47. The van der Waals surface area contributed by atoms with Gasteiger partial charge in [-0.3, -0.25) is 9.55 Å². The summed E-state index contributed by atoms with van der Waals surface area (Å²) in [7, 11) is 0. The zero-order valence-electron chi connectivity index (χ0n) is 41.2. The van der Waals surface area contributed by atoms with Gasteiger partial charge < -0.3 is 5.11 Å². The van der Waals surface area contributed by atoms with Gasteiger partial charge in [0.15, 0.2) is 0 Å². The summed E-state index contributed by atoms with van der Waals surface area (Å²) >= 11 is 0. The second-order valence-electron chi connectivity index (χ2n) is 19.9. The van der Waals surface area contributed by atoms with E-state index in [9.17, 15) is 5.11 Å². The molecule has 9 aromatic rings. The number of phenolic OH excluding ortho intramolecular Hbond substituents is 1. The number of pyridine rings is 1. The van der Waals surface area contributed by atoms with Crippen molar-refractivity contribution in [3.05, 3.63) is 193 Å². The van der Waals surface area contributed by atoms with E-state index in [2.05, 4.69) is 131 Å². The molecule has 7 aromatic carbocycles. The van der Waals surface area contributed by atoms with Gasteiger partial charge in [-0.15, -0.1) is 29.3 Å². The summed E-state index contributed by atoms with van der Waals surface area (Å²) < 4.78 is 20.1. The van der Waals surface area contributed by atoms with Crippen molar-refractivity contribution < 1.29 is 28.9 Å². The van der Waals surface area contributed by atoms with Gasteiger partial charge in [-0.1, -0.05) is 200 Å². The Kier molecular flexibility index (Phi) is 12.1. The molecule has 2 aromatic heterocycles. The van der Waals surface area contributed by atoms with Crippen LogP contribution in [-0.2, 0) is 38.3 Å². The first-order chi connectivity index (χ1) is 32.6. The van der Waals surface area contributed by atoms with Crippen molar-refractivity contribution in [2.24, 2.45) is 5.92 Å². The summed E-state index contributed by atoms with van der Waals surface area (Å²) in [5, 5.41) is 12.3. The Hall–Kier alpha value is -6.35. The summed E-state index contributed by atoms with van der Waals surface area (Å²) in [4.78, 5) is 10.5. The SMILES string of the molecule is [2H]C([2H])(c1ccc(-c2ccnc(-c3[c-]c(-c4cccc5c4nc(-c4cccc(-c6ccccc6)c4O)n5-c4ccc(C(C)(C)C)cc4-c4ccccc4)cc(C(C)(C)C)c3)c2)cc1)C1CCCC1.[Pt]. The monoisotopic (exact) mass is 1060 g/mol. The van der Waals surface area contributed by atoms with Crippen LogP contribution in [0.3, 0.4) is 0 Å². The third-order valence-corrected chi connectivity index (χ3v) is 13.2. The minimum Gasteiger partial charge on any atom is -0.507 e. The normalized spacial score (nSPS) is 13.9. The molecule has 5 heteroatoms. The maximum atomic E-state index is 12.3. The van der Waals surface area contributed by atoms with Crippen LogP contribution in [0.15, 0.2) is 170 Å². The smallest absolute Gasteiger partial charge is 0.148 e. The van der Waals surface area contributed by atoms with Gasteiger partial charge in [0.05, 0.1) is 22.3 Å². The average molecular weight is 1060 g/mol. The molecule has 0 unspecified atom stereocenters. The minimum atomic E-state index is -1.34. The van der Waals surface area contributed by atoms with Gasteiger partial charge in [0.2, 0.25) is 0 Å². The number of hydrogen-bond acceptors (Lipinski definition) is 3. The summed E-state index contributed by atoms with van der Waals surface area (Å²) in [6.45, 7) is 13.4.